The number of nitrogens with one attached hydrogen (secondary N) is 1. The zero-order valence-corrected chi connectivity index (χ0v) is 13.4. The van der Waals surface area contributed by atoms with Gasteiger partial charge in [0.2, 0.25) is 5.91 Å². The molecule has 0 saturated carbocycles. The number of carboxylic acid groups (broad SMARTS) is 1. The molecule has 9 heteroatoms. The first kappa shape index (κ1) is 18.8. The average molecular weight is 358 g/mol. The van der Waals surface area contributed by atoms with E-state index in [1.807, 2.05) is 0 Å². The van der Waals surface area contributed by atoms with Crippen LogP contribution in [0.1, 0.15) is 28.8 Å². The molecule has 2 amide bonds. The molecule has 1 heterocycles. The number of likely N-dealkylation sites (tertiary alicyclic amines) is 1. The second-order valence-corrected chi connectivity index (χ2v) is 5.89. The van der Waals surface area contributed by atoms with E-state index in [1.54, 1.807) is 13.0 Å². The topological polar surface area (TPSA) is 86.7 Å². The molecule has 2 N–H and O–H groups in total. The lowest BCUT2D eigenvalue weighted by Crippen LogP contribution is -2.46. The maximum Gasteiger partial charge on any atom is 0.471 e. The van der Waals surface area contributed by atoms with Crippen molar-refractivity contribution in [2.75, 3.05) is 18.4 Å². The van der Waals surface area contributed by atoms with Crippen LogP contribution in [0.3, 0.4) is 0 Å². The van der Waals surface area contributed by atoms with Gasteiger partial charge in [-0.1, -0.05) is 6.07 Å². The van der Waals surface area contributed by atoms with E-state index in [-0.39, 0.29) is 31.5 Å². The van der Waals surface area contributed by atoms with Gasteiger partial charge < -0.3 is 15.3 Å². The number of carboxylic acids is 1. The molecular formula is C16H17F3N2O4. The number of aryl methyl sites for hydroxylation is 1. The number of piperidine rings is 1. The van der Waals surface area contributed by atoms with Crippen LogP contribution < -0.4 is 5.32 Å². The van der Waals surface area contributed by atoms with Crippen LogP contribution in [0.2, 0.25) is 0 Å². The third-order valence-electron chi connectivity index (χ3n) is 4.14. The molecule has 1 aliphatic rings. The first-order chi connectivity index (χ1) is 11.6. The van der Waals surface area contributed by atoms with Crippen molar-refractivity contribution in [3.8, 4) is 0 Å². The van der Waals surface area contributed by atoms with Crippen LogP contribution in [0.25, 0.3) is 0 Å². The first-order valence-electron chi connectivity index (χ1n) is 7.60. The smallest absolute Gasteiger partial charge is 0.471 e. The number of carbonyl (C=O) groups is 3. The lowest BCUT2D eigenvalue weighted by atomic mass is 9.95. The zero-order valence-electron chi connectivity index (χ0n) is 13.4. The van der Waals surface area contributed by atoms with Crippen LogP contribution in [0.5, 0.6) is 0 Å². The van der Waals surface area contributed by atoms with E-state index in [0.29, 0.717) is 16.2 Å². The number of nitrogens with zero attached hydrogens (tertiary/aromatic N) is 1. The van der Waals surface area contributed by atoms with Gasteiger partial charge in [-0.25, -0.2) is 4.79 Å². The van der Waals surface area contributed by atoms with E-state index >= 15 is 0 Å². The standard InChI is InChI=1S/C16H17F3N2O4/c1-9-2-3-11(14(23)24)8-12(9)20-13(22)10-4-6-21(7-5-10)15(25)16(17,18)19/h2-3,8,10H,4-7H2,1H3,(H,20,22)(H,23,24). The van der Waals surface area contributed by atoms with Crippen molar-refractivity contribution >= 4 is 23.5 Å². The van der Waals surface area contributed by atoms with Gasteiger partial charge in [-0.3, -0.25) is 9.59 Å². The fraction of sp³-hybridized carbons (Fsp3) is 0.438. The quantitative estimate of drug-likeness (QED) is 0.869. The Morgan fingerprint density at radius 2 is 1.80 bits per heavy atom. The Balaban J connectivity index is 1.99. The third-order valence-corrected chi connectivity index (χ3v) is 4.14. The number of rotatable bonds is 3. The number of alkyl halides is 3. The Bertz CT molecular complexity index is 695. The van der Waals surface area contributed by atoms with Gasteiger partial charge >= 0.3 is 18.1 Å². The summed E-state index contributed by atoms with van der Waals surface area (Å²) in [6.45, 7) is 1.40. The molecule has 0 bridgehead atoms. The molecule has 1 aliphatic heterocycles. The van der Waals surface area contributed by atoms with Crippen molar-refractivity contribution in [2.24, 2.45) is 5.92 Å². The van der Waals surface area contributed by atoms with E-state index in [4.69, 9.17) is 5.11 Å². The summed E-state index contributed by atoms with van der Waals surface area (Å²) >= 11 is 0. The number of benzene rings is 1. The van der Waals surface area contributed by atoms with Crippen LogP contribution >= 0.6 is 0 Å². The number of halogens is 3. The normalized spacial score (nSPS) is 15.8. The molecule has 0 spiro atoms. The predicted molar refractivity (Wildman–Crippen MR) is 82.1 cm³/mol. The summed E-state index contributed by atoms with van der Waals surface area (Å²) in [5.74, 6) is -3.96. The number of carbonyl (C=O) groups excluding carboxylic acids is 2. The minimum atomic E-state index is -4.91. The fourth-order valence-electron chi connectivity index (χ4n) is 2.65. The molecule has 0 aromatic heterocycles. The fourth-order valence-corrected chi connectivity index (χ4v) is 2.65. The predicted octanol–water partition coefficient (Wildman–Crippen LogP) is 2.43. The van der Waals surface area contributed by atoms with Crippen molar-refractivity contribution in [2.45, 2.75) is 25.9 Å². The number of anilines is 1. The minimum absolute atomic E-state index is 0.0199. The number of aromatic carboxylic acids is 1. The molecule has 1 aromatic rings. The van der Waals surface area contributed by atoms with E-state index in [2.05, 4.69) is 5.32 Å². The monoisotopic (exact) mass is 358 g/mol. The zero-order chi connectivity index (χ0) is 18.8. The summed E-state index contributed by atoms with van der Waals surface area (Å²) < 4.78 is 37.2. The third kappa shape index (κ3) is 4.49. The second-order valence-electron chi connectivity index (χ2n) is 5.89. The highest BCUT2D eigenvalue weighted by molar-refractivity contribution is 5.96. The van der Waals surface area contributed by atoms with Gasteiger partial charge in [0.15, 0.2) is 0 Å². The van der Waals surface area contributed by atoms with Crippen molar-refractivity contribution in [3.63, 3.8) is 0 Å². The largest absolute Gasteiger partial charge is 0.478 e. The summed E-state index contributed by atoms with van der Waals surface area (Å²) in [5.41, 5.74) is 1.04. The summed E-state index contributed by atoms with van der Waals surface area (Å²) in [6.07, 6.45) is -4.68. The Kier molecular flexibility index (Phi) is 5.34. The number of hydrogen-bond acceptors (Lipinski definition) is 3. The maximum atomic E-state index is 12.4. The summed E-state index contributed by atoms with van der Waals surface area (Å²) in [7, 11) is 0. The lowest BCUT2D eigenvalue weighted by molar-refractivity contribution is -0.186. The minimum Gasteiger partial charge on any atom is -0.478 e. The van der Waals surface area contributed by atoms with Crippen LogP contribution in [-0.2, 0) is 9.59 Å². The van der Waals surface area contributed by atoms with E-state index in [1.165, 1.54) is 12.1 Å². The molecule has 25 heavy (non-hydrogen) atoms. The molecule has 2 rings (SSSR count). The van der Waals surface area contributed by atoms with Gasteiger partial charge in [-0.05, 0) is 37.5 Å². The Labute approximate surface area is 141 Å². The molecule has 0 unspecified atom stereocenters. The summed E-state index contributed by atoms with van der Waals surface area (Å²) in [4.78, 5) is 35.2. The molecule has 1 fully saturated rings. The molecule has 0 radical (unpaired) electrons. The maximum absolute atomic E-state index is 12.4. The lowest BCUT2D eigenvalue weighted by Gasteiger charge is -2.31. The van der Waals surface area contributed by atoms with Crippen LogP contribution in [0, 0.1) is 12.8 Å². The van der Waals surface area contributed by atoms with Crippen LogP contribution in [-0.4, -0.2) is 47.1 Å². The van der Waals surface area contributed by atoms with Crippen LogP contribution in [0.4, 0.5) is 18.9 Å². The van der Waals surface area contributed by atoms with E-state index in [0.717, 1.165) is 0 Å². The van der Waals surface area contributed by atoms with Crippen molar-refractivity contribution < 1.29 is 32.7 Å². The van der Waals surface area contributed by atoms with Gasteiger partial charge in [0.05, 0.1) is 5.56 Å². The van der Waals surface area contributed by atoms with Crippen molar-refractivity contribution in [1.82, 2.24) is 4.90 Å². The average Bonchev–Trinajstić information content (AvgIpc) is 2.55. The molecule has 0 aliphatic carbocycles. The highest BCUT2D eigenvalue weighted by Gasteiger charge is 2.43. The van der Waals surface area contributed by atoms with Crippen molar-refractivity contribution in [1.29, 1.82) is 0 Å². The molecule has 1 saturated heterocycles. The Hall–Kier alpha value is -2.58. The highest BCUT2D eigenvalue weighted by atomic mass is 19.4. The highest BCUT2D eigenvalue weighted by Crippen LogP contribution is 2.25. The van der Waals surface area contributed by atoms with Crippen molar-refractivity contribution in [3.05, 3.63) is 29.3 Å². The molecule has 136 valence electrons. The molecule has 1 aromatic carbocycles. The van der Waals surface area contributed by atoms with E-state index < -0.39 is 29.9 Å². The SMILES string of the molecule is Cc1ccc(C(=O)O)cc1NC(=O)C1CCN(C(=O)C(F)(F)F)CC1. The first-order valence-corrected chi connectivity index (χ1v) is 7.60. The van der Waals surface area contributed by atoms with Gasteiger partial charge in [-0.15, -0.1) is 0 Å². The van der Waals surface area contributed by atoms with Crippen LogP contribution in [0.15, 0.2) is 18.2 Å². The van der Waals surface area contributed by atoms with E-state index in [9.17, 15) is 27.6 Å². The summed E-state index contributed by atoms with van der Waals surface area (Å²) in [5, 5.41) is 11.6. The van der Waals surface area contributed by atoms with Gasteiger partial charge in [0, 0.05) is 24.7 Å². The second kappa shape index (κ2) is 7.12. The summed E-state index contributed by atoms with van der Waals surface area (Å²) in [6, 6.07) is 4.30. The molecular weight excluding hydrogens is 341 g/mol. The van der Waals surface area contributed by atoms with Gasteiger partial charge in [0.1, 0.15) is 0 Å². The molecule has 0 atom stereocenters. The number of amides is 2. The van der Waals surface area contributed by atoms with Gasteiger partial charge in [-0.2, -0.15) is 13.2 Å². The van der Waals surface area contributed by atoms with Gasteiger partial charge in [0.25, 0.3) is 0 Å². The molecule has 6 nitrogen and oxygen atoms in total. The Morgan fingerprint density at radius 3 is 2.32 bits per heavy atom. The Morgan fingerprint density at radius 1 is 1.20 bits per heavy atom. The number of hydrogen-bond donors (Lipinski definition) is 2.